The summed E-state index contributed by atoms with van der Waals surface area (Å²) in [6.45, 7) is 4.29. The third kappa shape index (κ3) is 4.03. The van der Waals surface area contributed by atoms with Crippen LogP contribution < -0.4 is 0 Å². The molecule has 0 aliphatic rings. The van der Waals surface area contributed by atoms with E-state index < -0.39 is 12.1 Å². The number of esters is 1. The molecule has 154 valence electrons. The van der Waals surface area contributed by atoms with Gasteiger partial charge in [-0.25, -0.2) is 0 Å². The van der Waals surface area contributed by atoms with Crippen LogP contribution in [0, 0.1) is 0 Å². The van der Waals surface area contributed by atoms with Crippen LogP contribution >= 0.6 is 23.1 Å². The van der Waals surface area contributed by atoms with E-state index in [1.807, 2.05) is 53.3 Å². The van der Waals surface area contributed by atoms with Gasteiger partial charge in [0.15, 0.2) is 17.1 Å². The molecule has 9 heteroatoms. The number of benzene rings is 1. The Labute approximate surface area is 181 Å². The quantitative estimate of drug-likeness (QED) is 0.248. The minimum Gasteiger partial charge on any atom is -0.454 e. The average Bonchev–Trinajstić information content (AvgIpc) is 3.50. The third-order valence-corrected chi connectivity index (χ3v) is 6.43. The van der Waals surface area contributed by atoms with Gasteiger partial charge in [-0.3, -0.25) is 9.59 Å². The van der Waals surface area contributed by atoms with E-state index in [-0.39, 0.29) is 11.5 Å². The molecule has 3 aromatic heterocycles. The van der Waals surface area contributed by atoms with E-state index in [9.17, 15) is 9.59 Å². The van der Waals surface area contributed by atoms with Crippen LogP contribution in [-0.2, 0) is 16.1 Å². The first-order valence-electron chi connectivity index (χ1n) is 9.48. The lowest BCUT2D eigenvalue weighted by Crippen LogP contribution is -2.25. The number of nitrogens with zero attached hydrogens (tertiary/aromatic N) is 3. The number of fused-ring (bicyclic) bond motifs is 1. The Morgan fingerprint density at radius 1 is 1.23 bits per heavy atom. The van der Waals surface area contributed by atoms with Gasteiger partial charge in [0, 0.05) is 29.2 Å². The number of thioether (sulfide) groups is 1. The van der Waals surface area contributed by atoms with E-state index in [2.05, 4.69) is 15.2 Å². The normalized spacial score (nSPS) is 12.2. The molecule has 0 aliphatic carbocycles. The second-order valence-corrected chi connectivity index (χ2v) is 8.45. The number of hydrogen-bond donors (Lipinski definition) is 1. The Kier molecular flexibility index (Phi) is 6.01. The number of rotatable bonds is 8. The van der Waals surface area contributed by atoms with Gasteiger partial charge in [0.1, 0.15) is 0 Å². The highest BCUT2D eigenvalue weighted by atomic mass is 32.2. The molecule has 1 atom stereocenters. The molecule has 1 N–H and O–H groups in total. The highest BCUT2D eigenvalue weighted by Gasteiger charge is 2.23. The summed E-state index contributed by atoms with van der Waals surface area (Å²) < 4.78 is 7.34. The largest absolute Gasteiger partial charge is 0.454 e. The fourth-order valence-corrected chi connectivity index (χ4v) is 4.67. The van der Waals surface area contributed by atoms with Gasteiger partial charge >= 0.3 is 5.97 Å². The van der Waals surface area contributed by atoms with Crippen LogP contribution in [0.5, 0.6) is 0 Å². The number of carbonyl (C=O) groups excluding carboxylic acids is 2. The van der Waals surface area contributed by atoms with Crippen molar-refractivity contribution in [2.24, 2.45) is 0 Å². The molecule has 30 heavy (non-hydrogen) atoms. The zero-order valence-electron chi connectivity index (χ0n) is 16.5. The summed E-state index contributed by atoms with van der Waals surface area (Å²) in [4.78, 5) is 29.2. The number of Topliss-reactive ketones (excluding diaryl/α,β-unsaturated/α-hetero) is 1. The zero-order valence-corrected chi connectivity index (χ0v) is 18.1. The molecule has 0 fully saturated rings. The van der Waals surface area contributed by atoms with Crippen LogP contribution in [0.15, 0.2) is 53.1 Å². The maximum atomic E-state index is 12.7. The van der Waals surface area contributed by atoms with Crippen molar-refractivity contribution in [1.29, 1.82) is 0 Å². The Morgan fingerprint density at radius 3 is 2.83 bits per heavy atom. The van der Waals surface area contributed by atoms with E-state index >= 15 is 0 Å². The Hall–Kier alpha value is -2.91. The van der Waals surface area contributed by atoms with Crippen LogP contribution in [0.3, 0.4) is 0 Å². The highest BCUT2D eigenvalue weighted by Crippen LogP contribution is 2.27. The maximum Gasteiger partial charge on any atom is 0.317 e. The molecular formula is C21H20N4O3S2. The standard InChI is InChI=1S/C21H20N4O3S2/c1-3-25-20(17-9-6-10-29-17)23-24-21(25)30-12-18(26)28-13(2)19(27)15-11-22-16-8-5-4-7-14(15)16/h4-11,13,22H,3,12H2,1-2H3. The second kappa shape index (κ2) is 8.85. The molecule has 1 aromatic carbocycles. The van der Waals surface area contributed by atoms with Crippen LogP contribution in [-0.4, -0.2) is 43.4 Å². The lowest BCUT2D eigenvalue weighted by molar-refractivity contribution is -0.143. The number of aromatic amines is 1. The van der Waals surface area contributed by atoms with Crippen molar-refractivity contribution in [1.82, 2.24) is 19.7 Å². The van der Waals surface area contributed by atoms with E-state index in [1.54, 1.807) is 24.5 Å². The molecule has 0 radical (unpaired) electrons. The summed E-state index contributed by atoms with van der Waals surface area (Å²) in [5.74, 6) is 0.131. The number of ether oxygens (including phenoxy) is 1. The van der Waals surface area contributed by atoms with Crippen LogP contribution in [0.2, 0.25) is 0 Å². The predicted octanol–water partition coefficient (Wildman–Crippen LogP) is 4.41. The summed E-state index contributed by atoms with van der Waals surface area (Å²) in [6.07, 6.45) is 0.782. The van der Waals surface area contributed by atoms with Gasteiger partial charge in [0.25, 0.3) is 0 Å². The van der Waals surface area contributed by atoms with Crippen molar-refractivity contribution in [2.45, 2.75) is 31.7 Å². The van der Waals surface area contributed by atoms with Crippen molar-refractivity contribution < 1.29 is 14.3 Å². The van der Waals surface area contributed by atoms with Crippen molar-refractivity contribution in [2.75, 3.05) is 5.75 Å². The molecule has 0 saturated heterocycles. The molecule has 0 amide bonds. The highest BCUT2D eigenvalue weighted by molar-refractivity contribution is 7.99. The SMILES string of the molecule is CCn1c(SCC(=O)OC(C)C(=O)c2c[nH]c3ccccc23)nnc1-c1cccs1. The predicted molar refractivity (Wildman–Crippen MR) is 118 cm³/mol. The number of para-hydroxylation sites is 1. The first-order valence-corrected chi connectivity index (χ1v) is 11.3. The summed E-state index contributed by atoms with van der Waals surface area (Å²) in [5.41, 5.74) is 1.39. The fraction of sp³-hybridized carbons (Fsp3) is 0.238. The number of aromatic nitrogens is 4. The molecule has 7 nitrogen and oxygen atoms in total. The lowest BCUT2D eigenvalue weighted by Gasteiger charge is -2.12. The monoisotopic (exact) mass is 440 g/mol. The zero-order chi connectivity index (χ0) is 21.1. The Bertz CT molecular complexity index is 1180. The van der Waals surface area contributed by atoms with E-state index in [0.717, 1.165) is 21.6 Å². The molecular weight excluding hydrogens is 420 g/mol. The molecule has 0 spiro atoms. The van der Waals surface area contributed by atoms with Gasteiger partial charge in [-0.15, -0.1) is 21.5 Å². The number of hydrogen-bond acceptors (Lipinski definition) is 7. The third-order valence-electron chi connectivity index (χ3n) is 4.63. The Balaban J connectivity index is 1.39. The fourth-order valence-electron chi connectivity index (χ4n) is 3.17. The van der Waals surface area contributed by atoms with Gasteiger partial charge in [-0.05, 0) is 31.4 Å². The van der Waals surface area contributed by atoms with Crippen LogP contribution in [0.4, 0.5) is 0 Å². The minimum absolute atomic E-state index is 0.0497. The first kappa shape index (κ1) is 20.4. The molecule has 0 bridgehead atoms. The minimum atomic E-state index is -0.872. The smallest absolute Gasteiger partial charge is 0.317 e. The number of carbonyl (C=O) groups is 2. The molecule has 3 heterocycles. The average molecular weight is 441 g/mol. The molecule has 0 aliphatic heterocycles. The van der Waals surface area contributed by atoms with Gasteiger partial charge < -0.3 is 14.3 Å². The first-order chi connectivity index (χ1) is 14.6. The molecule has 4 rings (SSSR count). The van der Waals surface area contributed by atoms with Crippen molar-refractivity contribution >= 4 is 45.8 Å². The summed E-state index contributed by atoms with van der Waals surface area (Å²) >= 11 is 2.84. The van der Waals surface area contributed by atoms with Gasteiger partial charge in [-0.1, -0.05) is 36.0 Å². The van der Waals surface area contributed by atoms with Gasteiger partial charge in [0.2, 0.25) is 5.78 Å². The van der Waals surface area contributed by atoms with Crippen LogP contribution in [0.1, 0.15) is 24.2 Å². The number of nitrogens with one attached hydrogen (secondary N) is 1. The van der Waals surface area contributed by atoms with Gasteiger partial charge in [0.05, 0.1) is 10.6 Å². The molecule has 0 saturated carbocycles. The summed E-state index contributed by atoms with van der Waals surface area (Å²) in [5, 5.41) is 11.9. The summed E-state index contributed by atoms with van der Waals surface area (Å²) in [6, 6.07) is 11.5. The van der Waals surface area contributed by atoms with E-state index in [1.165, 1.54) is 11.8 Å². The van der Waals surface area contributed by atoms with Gasteiger partial charge in [-0.2, -0.15) is 0 Å². The van der Waals surface area contributed by atoms with Crippen molar-refractivity contribution in [3.63, 3.8) is 0 Å². The van der Waals surface area contributed by atoms with Crippen molar-refractivity contribution in [3.05, 3.63) is 53.5 Å². The van der Waals surface area contributed by atoms with E-state index in [0.29, 0.717) is 17.3 Å². The molecule has 1 unspecified atom stereocenters. The lowest BCUT2D eigenvalue weighted by atomic mass is 10.1. The maximum absolute atomic E-state index is 12.7. The number of ketones is 1. The van der Waals surface area contributed by atoms with Crippen molar-refractivity contribution in [3.8, 4) is 10.7 Å². The second-order valence-electron chi connectivity index (χ2n) is 6.56. The summed E-state index contributed by atoms with van der Waals surface area (Å²) in [7, 11) is 0. The van der Waals surface area contributed by atoms with Crippen LogP contribution in [0.25, 0.3) is 21.6 Å². The topological polar surface area (TPSA) is 89.9 Å². The Morgan fingerprint density at radius 2 is 2.07 bits per heavy atom. The molecule has 4 aromatic rings. The number of thiophene rings is 1. The number of H-pyrrole nitrogens is 1. The van der Waals surface area contributed by atoms with E-state index in [4.69, 9.17) is 4.74 Å².